The van der Waals surface area contributed by atoms with Crippen molar-refractivity contribution in [3.63, 3.8) is 0 Å². The van der Waals surface area contributed by atoms with Crippen LogP contribution in [0.1, 0.15) is 25.3 Å². The molecule has 1 heterocycles. The van der Waals surface area contributed by atoms with Gasteiger partial charge in [-0.05, 0) is 11.6 Å². The topological polar surface area (TPSA) is 40.5 Å². The van der Waals surface area contributed by atoms with Crippen molar-refractivity contribution >= 4 is 11.6 Å². The molecular formula is C11H13NO2. The molecule has 3 heteroatoms. The lowest BCUT2D eigenvalue weighted by molar-refractivity contribution is -0.118. The number of nitrogens with zero attached hydrogens (tertiary/aromatic N) is 1. The Labute approximate surface area is 83.0 Å². The van der Waals surface area contributed by atoms with Gasteiger partial charge in [-0.15, -0.1) is 0 Å². The lowest BCUT2D eigenvalue weighted by Crippen LogP contribution is -2.36. The molecule has 0 fully saturated rings. The van der Waals surface area contributed by atoms with Gasteiger partial charge in [-0.1, -0.05) is 25.1 Å². The zero-order valence-electron chi connectivity index (χ0n) is 8.27. The third kappa shape index (κ3) is 1.13. The molecule has 0 saturated heterocycles. The van der Waals surface area contributed by atoms with Crippen molar-refractivity contribution in [3.8, 4) is 0 Å². The minimum atomic E-state index is -0.718. The monoisotopic (exact) mass is 191 g/mol. The second kappa shape index (κ2) is 3.10. The van der Waals surface area contributed by atoms with Gasteiger partial charge in [0.25, 0.3) is 0 Å². The third-order valence-corrected chi connectivity index (χ3v) is 2.74. The highest BCUT2D eigenvalue weighted by atomic mass is 16.3. The first-order valence-electron chi connectivity index (χ1n) is 4.69. The minimum absolute atomic E-state index is 0.00454. The van der Waals surface area contributed by atoms with Crippen LogP contribution in [0.4, 0.5) is 5.69 Å². The molecule has 0 aromatic heterocycles. The lowest BCUT2D eigenvalue weighted by Gasteiger charge is -2.20. The maximum absolute atomic E-state index is 11.3. The van der Waals surface area contributed by atoms with Crippen molar-refractivity contribution in [2.24, 2.45) is 0 Å². The number of carbonyl (C=O) groups excluding carboxylic acids is 1. The predicted octanol–water partition coefficient (Wildman–Crippen LogP) is 1.48. The standard InChI is InChI=1S/C11H13NO2/c1-7-9-5-3-4-6-10(9)12(8(2)13)11(7)14/h3-7,11,14H,1-2H3. The van der Waals surface area contributed by atoms with Gasteiger partial charge in [0.15, 0.2) is 0 Å². The number of amides is 1. The number of aliphatic hydroxyl groups excluding tert-OH is 1. The summed E-state index contributed by atoms with van der Waals surface area (Å²) in [4.78, 5) is 12.8. The second-order valence-electron chi connectivity index (χ2n) is 3.65. The summed E-state index contributed by atoms with van der Waals surface area (Å²) in [6.45, 7) is 3.39. The van der Waals surface area contributed by atoms with Crippen LogP contribution >= 0.6 is 0 Å². The number of rotatable bonds is 0. The van der Waals surface area contributed by atoms with Crippen molar-refractivity contribution in [3.05, 3.63) is 29.8 Å². The predicted molar refractivity (Wildman–Crippen MR) is 54.0 cm³/mol. The number of hydrogen-bond acceptors (Lipinski definition) is 2. The summed E-state index contributed by atoms with van der Waals surface area (Å²) in [6.07, 6.45) is -0.718. The summed E-state index contributed by atoms with van der Waals surface area (Å²) >= 11 is 0. The first-order chi connectivity index (χ1) is 6.63. The largest absolute Gasteiger partial charge is 0.372 e. The van der Waals surface area contributed by atoms with Crippen LogP contribution < -0.4 is 4.90 Å². The molecule has 1 N–H and O–H groups in total. The zero-order chi connectivity index (χ0) is 10.3. The molecule has 1 aromatic carbocycles. The third-order valence-electron chi connectivity index (χ3n) is 2.74. The molecule has 1 amide bonds. The van der Waals surface area contributed by atoms with Crippen molar-refractivity contribution in [1.29, 1.82) is 0 Å². The zero-order valence-corrected chi connectivity index (χ0v) is 8.27. The maximum atomic E-state index is 11.3. The summed E-state index contributed by atoms with van der Waals surface area (Å²) in [5.41, 5.74) is 1.87. The molecule has 0 aliphatic carbocycles. The number of carbonyl (C=O) groups is 1. The molecule has 1 aliphatic rings. The van der Waals surface area contributed by atoms with Gasteiger partial charge in [-0.2, -0.15) is 0 Å². The lowest BCUT2D eigenvalue weighted by atomic mass is 10.0. The molecule has 2 unspecified atom stereocenters. The fourth-order valence-corrected chi connectivity index (χ4v) is 1.97. The van der Waals surface area contributed by atoms with Gasteiger partial charge in [0.05, 0.1) is 0 Å². The van der Waals surface area contributed by atoms with E-state index in [1.54, 1.807) is 0 Å². The molecule has 0 spiro atoms. The van der Waals surface area contributed by atoms with Crippen LogP contribution in [0.5, 0.6) is 0 Å². The van der Waals surface area contributed by atoms with E-state index >= 15 is 0 Å². The van der Waals surface area contributed by atoms with E-state index in [0.717, 1.165) is 11.3 Å². The van der Waals surface area contributed by atoms with E-state index in [1.165, 1.54) is 11.8 Å². The molecule has 2 atom stereocenters. The highest BCUT2D eigenvalue weighted by molar-refractivity contribution is 5.94. The summed E-state index contributed by atoms with van der Waals surface area (Å²) in [5.74, 6) is -0.121. The Morgan fingerprint density at radius 2 is 2.07 bits per heavy atom. The van der Waals surface area contributed by atoms with Gasteiger partial charge in [0, 0.05) is 18.5 Å². The summed E-state index contributed by atoms with van der Waals surface area (Å²) in [6, 6.07) is 7.61. The number of fused-ring (bicyclic) bond motifs is 1. The normalized spacial score (nSPS) is 24.9. The molecule has 1 aliphatic heterocycles. The Kier molecular flexibility index (Phi) is 2.04. The Morgan fingerprint density at radius 1 is 1.43 bits per heavy atom. The molecular weight excluding hydrogens is 178 g/mol. The van der Waals surface area contributed by atoms with Crippen LogP contribution in [0.25, 0.3) is 0 Å². The van der Waals surface area contributed by atoms with E-state index in [0.29, 0.717) is 0 Å². The number of para-hydroxylation sites is 1. The smallest absolute Gasteiger partial charge is 0.226 e. The van der Waals surface area contributed by atoms with E-state index < -0.39 is 6.23 Å². The molecule has 0 bridgehead atoms. The van der Waals surface area contributed by atoms with E-state index in [1.807, 2.05) is 31.2 Å². The van der Waals surface area contributed by atoms with Crippen molar-refractivity contribution in [1.82, 2.24) is 0 Å². The summed E-state index contributed by atoms with van der Waals surface area (Å²) in [5, 5.41) is 9.85. The average Bonchev–Trinajstić information content (AvgIpc) is 2.41. The molecule has 2 rings (SSSR count). The first-order valence-corrected chi connectivity index (χ1v) is 4.69. The minimum Gasteiger partial charge on any atom is -0.372 e. The second-order valence-corrected chi connectivity index (χ2v) is 3.65. The van der Waals surface area contributed by atoms with E-state index in [2.05, 4.69) is 0 Å². The Hall–Kier alpha value is -1.35. The van der Waals surface area contributed by atoms with Crippen LogP contribution in [0.2, 0.25) is 0 Å². The van der Waals surface area contributed by atoms with Crippen LogP contribution in [-0.2, 0) is 4.79 Å². The fourth-order valence-electron chi connectivity index (χ4n) is 1.97. The Morgan fingerprint density at radius 3 is 2.71 bits per heavy atom. The molecule has 74 valence electrons. The fraction of sp³-hybridized carbons (Fsp3) is 0.364. The molecule has 1 aromatic rings. The Balaban J connectivity index is 2.53. The molecule has 0 radical (unpaired) electrons. The molecule has 0 saturated carbocycles. The van der Waals surface area contributed by atoms with Gasteiger partial charge in [0.1, 0.15) is 6.23 Å². The van der Waals surface area contributed by atoms with Gasteiger partial charge in [-0.3, -0.25) is 9.69 Å². The van der Waals surface area contributed by atoms with Crippen LogP contribution in [0.15, 0.2) is 24.3 Å². The highest BCUT2D eigenvalue weighted by Gasteiger charge is 2.36. The average molecular weight is 191 g/mol. The number of hydrogen-bond donors (Lipinski definition) is 1. The quantitative estimate of drug-likeness (QED) is 0.674. The van der Waals surface area contributed by atoms with Crippen LogP contribution in [0.3, 0.4) is 0 Å². The van der Waals surface area contributed by atoms with Gasteiger partial charge < -0.3 is 5.11 Å². The van der Waals surface area contributed by atoms with Gasteiger partial charge >= 0.3 is 0 Å². The number of anilines is 1. The Bertz CT molecular complexity index is 375. The highest BCUT2D eigenvalue weighted by Crippen LogP contribution is 2.39. The summed E-state index contributed by atoms with van der Waals surface area (Å²) < 4.78 is 0. The first kappa shape index (κ1) is 9.21. The van der Waals surface area contributed by atoms with Gasteiger partial charge in [-0.25, -0.2) is 0 Å². The van der Waals surface area contributed by atoms with Crippen LogP contribution in [0, 0.1) is 0 Å². The summed E-state index contributed by atoms with van der Waals surface area (Å²) in [7, 11) is 0. The molecule has 14 heavy (non-hydrogen) atoms. The van der Waals surface area contributed by atoms with E-state index in [9.17, 15) is 9.90 Å². The number of aliphatic hydroxyl groups is 1. The van der Waals surface area contributed by atoms with Crippen molar-refractivity contribution in [2.45, 2.75) is 26.0 Å². The molecule has 3 nitrogen and oxygen atoms in total. The van der Waals surface area contributed by atoms with E-state index in [4.69, 9.17) is 0 Å². The number of benzene rings is 1. The van der Waals surface area contributed by atoms with E-state index in [-0.39, 0.29) is 11.8 Å². The van der Waals surface area contributed by atoms with Gasteiger partial charge in [0.2, 0.25) is 5.91 Å². The van der Waals surface area contributed by atoms with Crippen LogP contribution in [-0.4, -0.2) is 17.2 Å². The maximum Gasteiger partial charge on any atom is 0.226 e. The van der Waals surface area contributed by atoms with Crippen molar-refractivity contribution < 1.29 is 9.90 Å². The van der Waals surface area contributed by atoms with Crippen molar-refractivity contribution in [2.75, 3.05) is 4.90 Å². The SMILES string of the molecule is CC(=O)N1c2ccccc2C(C)C1O.